The molecule has 28 heavy (non-hydrogen) atoms. The third-order valence-corrected chi connectivity index (χ3v) is 4.70. The summed E-state index contributed by atoms with van der Waals surface area (Å²) in [6.45, 7) is 1.33. The Kier molecular flexibility index (Phi) is 6.83. The van der Waals surface area contributed by atoms with Gasteiger partial charge in [0.25, 0.3) is 11.6 Å². The number of hydrogen-bond acceptors (Lipinski definition) is 7. The summed E-state index contributed by atoms with van der Waals surface area (Å²) in [5.41, 5.74) is -0.342. The summed E-state index contributed by atoms with van der Waals surface area (Å²) in [6.07, 6.45) is 0.179. The van der Waals surface area contributed by atoms with E-state index in [9.17, 15) is 23.9 Å². The zero-order valence-electron chi connectivity index (χ0n) is 15.3. The van der Waals surface area contributed by atoms with Crippen molar-refractivity contribution < 1.29 is 28.2 Å². The molecule has 1 amide bonds. The summed E-state index contributed by atoms with van der Waals surface area (Å²) >= 11 is 0. The number of rotatable bonds is 7. The van der Waals surface area contributed by atoms with Crippen molar-refractivity contribution in [3.05, 3.63) is 58.1 Å². The molecular formula is C18H18N2O7S. The van der Waals surface area contributed by atoms with E-state index in [2.05, 4.69) is 5.32 Å². The molecule has 0 fully saturated rings. The Morgan fingerprint density at radius 2 is 1.89 bits per heavy atom. The molecule has 1 N–H and O–H groups in total. The van der Waals surface area contributed by atoms with Crippen LogP contribution in [-0.2, 0) is 20.3 Å². The summed E-state index contributed by atoms with van der Waals surface area (Å²) in [7, 11) is -0.0568. The maximum Gasteiger partial charge on any atom is 0.340 e. The molecular weight excluding hydrogens is 388 g/mol. The standard InChI is InChI=1S/C18H18N2O7S/c1-11(27-18(22)13-6-4-5-7-16(13)28(3)25)17(21)19-14-9-8-12(26-2)10-15(14)20(23)24/h4-11H,1-3H3,(H,19,21)/t11-,28-/m0/s1. The Balaban J connectivity index is 2.15. The Bertz CT molecular complexity index is 945. The van der Waals surface area contributed by atoms with Crippen molar-refractivity contribution in [3.63, 3.8) is 0 Å². The van der Waals surface area contributed by atoms with Crippen molar-refractivity contribution in [2.75, 3.05) is 18.7 Å². The van der Waals surface area contributed by atoms with Gasteiger partial charge in [0.1, 0.15) is 11.4 Å². The van der Waals surface area contributed by atoms with Gasteiger partial charge in [0.2, 0.25) is 0 Å². The number of nitrogens with one attached hydrogen (secondary N) is 1. The lowest BCUT2D eigenvalue weighted by atomic mass is 10.2. The van der Waals surface area contributed by atoms with Crippen LogP contribution in [0.25, 0.3) is 0 Å². The van der Waals surface area contributed by atoms with E-state index in [-0.39, 0.29) is 27.6 Å². The molecule has 0 saturated carbocycles. The van der Waals surface area contributed by atoms with E-state index in [0.717, 1.165) is 0 Å². The average Bonchev–Trinajstić information content (AvgIpc) is 2.67. The summed E-state index contributed by atoms with van der Waals surface area (Å²) in [5, 5.41) is 13.6. The topological polar surface area (TPSA) is 125 Å². The SMILES string of the molecule is COc1ccc(NC(=O)[C@H](C)OC(=O)c2ccccc2[S@](C)=O)c([N+](=O)[O-])c1. The van der Waals surface area contributed by atoms with Gasteiger partial charge in [-0.2, -0.15) is 0 Å². The van der Waals surface area contributed by atoms with Crippen LogP contribution in [-0.4, -0.2) is 40.5 Å². The zero-order chi connectivity index (χ0) is 20.8. The maximum atomic E-state index is 12.3. The van der Waals surface area contributed by atoms with Gasteiger partial charge in [0, 0.05) is 6.26 Å². The molecule has 0 unspecified atom stereocenters. The minimum atomic E-state index is -1.42. The zero-order valence-corrected chi connectivity index (χ0v) is 16.1. The fourth-order valence-corrected chi connectivity index (χ4v) is 3.02. The van der Waals surface area contributed by atoms with Crippen LogP contribution in [0.15, 0.2) is 47.4 Å². The fraction of sp³-hybridized carbons (Fsp3) is 0.222. The van der Waals surface area contributed by atoms with Crippen LogP contribution >= 0.6 is 0 Å². The number of benzene rings is 2. The van der Waals surface area contributed by atoms with Gasteiger partial charge in [-0.25, -0.2) is 4.79 Å². The highest BCUT2D eigenvalue weighted by Crippen LogP contribution is 2.29. The van der Waals surface area contributed by atoms with E-state index in [1.54, 1.807) is 12.1 Å². The molecule has 2 rings (SSSR count). The first-order valence-electron chi connectivity index (χ1n) is 8.01. The van der Waals surface area contributed by atoms with E-state index in [4.69, 9.17) is 9.47 Å². The number of nitrogens with zero attached hydrogens (tertiary/aromatic N) is 1. The van der Waals surface area contributed by atoms with Crippen molar-refractivity contribution in [1.29, 1.82) is 0 Å². The van der Waals surface area contributed by atoms with Gasteiger partial charge >= 0.3 is 5.97 Å². The Labute approximate surface area is 163 Å². The molecule has 2 aromatic rings. The van der Waals surface area contributed by atoms with Gasteiger partial charge < -0.3 is 14.8 Å². The van der Waals surface area contributed by atoms with Gasteiger partial charge in [-0.3, -0.25) is 19.1 Å². The van der Waals surface area contributed by atoms with E-state index in [1.165, 1.54) is 50.6 Å². The highest BCUT2D eigenvalue weighted by molar-refractivity contribution is 7.84. The lowest BCUT2D eigenvalue weighted by molar-refractivity contribution is -0.384. The number of anilines is 1. The molecule has 0 radical (unpaired) electrons. The molecule has 0 aromatic heterocycles. The summed E-state index contributed by atoms with van der Waals surface area (Å²) < 4.78 is 21.8. The monoisotopic (exact) mass is 406 g/mol. The van der Waals surface area contributed by atoms with E-state index in [0.29, 0.717) is 0 Å². The second-order valence-corrected chi connectivity index (χ2v) is 6.98. The third kappa shape index (κ3) is 4.92. The molecule has 2 atom stereocenters. The van der Waals surface area contributed by atoms with Crippen LogP contribution in [0, 0.1) is 10.1 Å². The van der Waals surface area contributed by atoms with Crippen molar-refractivity contribution in [2.24, 2.45) is 0 Å². The van der Waals surface area contributed by atoms with Crippen LogP contribution in [0.1, 0.15) is 17.3 Å². The predicted octanol–water partition coefficient (Wildman–Crippen LogP) is 2.52. The average molecular weight is 406 g/mol. The molecule has 148 valence electrons. The number of carbonyl (C=O) groups excluding carboxylic acids is 2. The molecule has 10 heteroatoms. The lowest BCUT2D eigenvalue weighted by Crippen LogP contribution is -2.30. The number of ether oxygens (including phenoxy) is 2. The first kappa shape index (κ1) is 21.0. The molecule has 0 bridgehead atoms. The van der Waals surface area contributed by atoms with Crippen molar-refractivity contribution in [2.45, 2.75) is 17.9 Å². The molecule has 2 aromatic carbocycles. The Morgan fingerprint density at radius 1 is 1.21 bits per heavy atom. The third-order valence-electron chi connectivity index (χ3n) is 3.73. The number of amides is 1. The second-order valence-electron chi connectivity index (χ2n) is 5.63. The Morgan fingerprint density at radius 3 is 2.50 bits per heavy atom. The molecule has 9 nitrogen and oxygen atoms in total. The number of nitro groups is 1. The van der Waals surface area contributed by atoms with E-state index in [1.807, 2.05) is 0 Å². The minimum Gasteiger partial charge on any atom is -0.496 e. The second kappa shape index (κ2) is 9.09. The number of nitro benzene ring substituents is 1. The smallest absolute Gasteiger partial charge is 0.340 e. The Hall–Kier alpha value is -3.27. The quantitative estimate of drug-likeness (QED) is 0.425. The molecule has 0 aliphatic carbocycles. The largest absolute Gasteiger partial charge is 0.496 e. The van der Waals surface area contributed by atoms with Gasteiger partial charge in [-0.15, -0.1) is 0 Å². The van der Waals surface area contributed by atoms with Crippen LogP contribution in [0.4, 0.5) is 11.4 Å². The van der Waals surface area contributed by atoms with Crippen molar-refractivity contribution >= 4 is 34.1 Å². The number of methoxy groups -OCH3 is 1. The summed E-state index contributed by atoms with van der Waals surface area (Å²) in [5.74, 6) is -1.32. The first-order chi connectivity index (χ1) is 13.2. The van der Waals surface area contributed by atoms with Gasteiger partial charge in [-0.05, 0) is 31.2 Å². The van der Waals surface area contributed by atoms with Gasteiger partial charge in [0.05, 0.1) is 39.4 Å². The van der Waals surface area contributed by atoms with E-state index < -0.39 is 33.7 Å². The molecule has 0 aliphatic heterocycles. The first-order valence-corrected chi connectivity index (χ1v) is 9.57. The van der Waals surface area contributed by atoms with Crippen LogP contribution in [0.5, 0.6) is 5.75 Å². The molecule has 0 heterocycles. The number of hydrogen-bond donors (Lipinski definition) is 1. The minimum absolute atomic E-state index is 0.0613. The predicted molar refractivity (Wildman–Crippen MR) is 102 cm³/mol. The molecule has 0 saturated heterocycles. The van der Waals surface area contributed by atoms with Crippen LogP contribution in [0.2, 0.25) is 0 Å². The molecule has 0 spiro atoms. The van der Waals surface area contributed by atoms with Crippen LogP contribution in [0.3, 0.4) is 0 Å². The van der Waals surface area contributed by atoms with Gasteiger partial charge in [0.15, 0.2) is 6.10 Å². The summed E-state index contributed by atoms with van der Waals surface area (Å²) in [6, 6.07) is 10.1. The van der Waals surface area contributed by atoms with Crippen molar-refractivity contribution in [1.82, 2.24) is 0 Å². The lowest BCUT2D eigenvalue weighted by Gasteiger charge is -2.15. The normalized spacial score (nSPS) is 12.5. The van der Waals surface area contributed by atoms with Crippen molar-refractivity contribution in [3.8, 4) is 5.75 Å². The fourth-order valence-electron chi connectivity index (χ4n) is 2.29. The van der Waals surface area contributed by atoms with E-state index >= 15 is 0 Å². The highest BCUT2D eigenvalue weighted by Gasteiger charge is 2.24. The number of esters is 1. The molecule has 0 aliphatic rings. The van der Waals surface area contributed by atoms with Gasteiger partial charge in [-0.1, -0.05) is 12.1 Å². The maximum absolute atomic E-state index is 12.3. The highest BCUT2D eigenvalue weighted by atomic mass is 32.2. The van der Waals surface area contributed by atoms with Crippen LogP contribution < -0.4 is 10.1 Å². The number of carbonyl (C=O) groups is 2. The summed E-state index contributed by atoms with van der Waals surface area (Å²) in [4.78, 5) is 35.5.